The van der Waals surface area contributed by atoms with E-state index in [1.807, 2.05) is 4.57 Å². The number of halogens is 6. The smallest absolute Gasteiger partial charge is 0.381 e. The number of ether oxygens (including phenoxy) is 1. The van der Waals surface area contributed by atoms with Gasteiger partial charge in [0.1, 0.15) is 0 Å². The van der Waals surface area contributed by atoms with Gasteiger partial charge in [0.25, 0.3) is 5.91 Å². The maximum Gasteiger partial charge on any atom is 0.417 e. The van der Waals surface area contributed by atoms with Gasteiger partial charge in [-0.15, -0.1) is 0 Å². The minimum atomic E-state index is -5.15. The van der Waals surface area contributed by atoms with Crippen LogP contribution in [-0.2, 0) is 27.5 Å². The maximum absolute atomic E-state index is 14.4. The van der Waals surface area contributed by atoms with Gasteiger partial charge in [-0.25, -0.2) is 13.1 Å². The largest absolute Gasteiger partial charge is 0.417 e. The van der Waals surface area contributed by atoms with E-state index in [-0.39, 0.29) is 23.4 Å². The molecule has 2 aliphatic rings. The second-order valence-electron chi connectivity index (χ2n) is 12.5. The molecule has 14 heteroatoms. The molecule has 0 radical (unpaired) electrons. The average molecular weight is 652 g/mol. The van der Waals surface area contributed by atoms with Crippen LogP contribution in [0.15, 0.2) is 29.2 Å². The van der Waals surface area contributed by atoms with E-state index in [1.54, 1.807) is 11.6 Å². The van der Waals surface area contributed by atoms with Crippen molar-refractivity contribution in [3.05, 3.63) is 41.1 Å². The van der Waals surface area contributed by atoms with Gasteiger partial charge >= 0.3 is 12.4 Å². The summed E-state index contributed by atoms with van der Waals surface area (Å²) < 4.78 is 117. The number of nitrogens with zero attached hydrogens (tertiary/aromatic N) is 1. The Kier molecular flexibility index (Phi) is 10.2. The number of aromatic nitrogens is 1. The lowest BCUT2D eigenvalue weighted by molar-refractivity contribution is -0.146. The summed E-state index contributed by atoms with van der Waals surface area (Å²) in [5.41, 5.74) is -2.36. The SMILES string of the molecule is Cc1c(C(=O)NC2CCOCC2)cc(-c2ccc(S(=O)(=O)NC(C)(C)CC(F)(F)F)c(C(F)(F)F)c2)n1CC1CCCCC1. The van der Waals surface area contributed by atoms with Crippen molar-refractivity contribution >= 4 is 15.9 Å². The number of hydrogen-bond acceptors (Lipinski definition) is 4. The Bertz CT molecular complexity index is 1440. The van der Waals surface area contributed by atoms with E-state index in [9.17, 15) is 39.6 Å². The zero-order valence-electron chi connectivity index (χ0n) is 25.0. The van der Waals surface area contributed by atoms with Crippen LogP contribution in [0.25, 0.3) is 11.3 Å². The van der Waals surface area contributed by atoms with Crippen molar-refractivity contribution in [2.75, 3.05) is 13.2 Å². The number of alkyl halides is 6. The monoisotopic (exact) mass is 651 g/mol. The molecule has 246 valence electrons. The van der Waals surface area contributed by atoms with Crippen LogP contribution in [0.4, 0.5) is 26.3 Å². The van der Waals surface area contributed by atoms with Crippen LogP contribution in [0.5, 0.6) is 0 Å². The molecule has 2 N–H and O–H groups in total. The number of carbonyl (C=O) groups excluding carboxylic acids is 1. The van der Waals surface area contributed by atoms with Crippen LogP contribution in [0.1, 0.15) is 86.8 Å². The van der Waals surface area contributed by atoms with Gasteiger partial charge in [0.15, 0.2) is 0 Å². The fourth-order valence-corrected chi connectivity index (χ4v) is 7.80. The predicted molar refractivity (Wildman–Crippen MR) is 153 cm³/mol. The van der Waals surface area contributed by atoms with E-state index in [0.29, 0.717) is 55.6 Å². The van der Waals surface area contributed by atoms with Crippen LogP contribution in [-0.4, -0.2) is 49.9 Å². The molecule has 44 heavy (non-hydrogen) atoms. The number of rotatable bonds is 9. The summed E-state index contributed by atoms with van der Waals surface area (Å²) in [5.74, 6) is -0.105. The normalized spacial score (nSPS) is 18.0. The minimum absolute atomic E-state index is 0.0369. The van der Waals surface area contributed by atoms with Crippen molar-refractivity contribution in [2.45, 2.75) is 108 Å². The molecule has 1 aliphatic carbocycles. The molecule has 1 saturated heterocycles. The van der Waals surface area contributed by atoms with Crippen LogP contribution in [0.2, 0.25) is 0 Å². The van der Waals surface area contributed by atoms with Gasteiger partial charge < -0.3 is 14.6 Å². The van der Waals surface area contributed by atoms with Gasteiger partial charge in [0, 0.05) is 42.7 Å². The van der Waals surface area contributed by atoms with Gasteiger partial charge in [0.2, 0.25) is 10.0 Å². The van der Waals surface area contributed by atoms with Crippen molar-refractivity contribution in [2.24, 2.45) is 5.92 Å². The molecule has 1 amide bonds. The quantitative estimate of drug-likeness (QED) is 0.287. The zero-order valence-corrected chi connectivity index (χ0v) is 25.8. The van der Waals surface area contributed by atoms with E-state index in [1.165, 1.54) is 12.1 Å². The summed E-state index contributed by atoms with van der Waals surface area (Å²) in [6.07, 6.45) is -5.17. The third-order valence-corrected chi connectivity index (χ3v) is 10.0. The number of amides is 1. The molecule has 0 atom stereocenters. The molecule has 1 aromatic carbocycles. The molecule has 0 unspecified atom stereocenters. The molecule has 1 aromatic heterocycles. The van der Waals surface area contributed by atoms with Crippen molar-refractivity contribution in [1.82, 2.24) is 14.6 Å². The first-order valence-electron chi connectivity index (χ1n) is 14.8. The Morgan fingerprint density at radius 2 is 1.61 bits per heavy atom. The molecule has 0 spiro atoms. The predicted octanol–water partition coefficient (Wildman–Crippen LogP) is 6.98. The molecular formula is C30H39F6N3O4S. The Hall–Kier alpha value is -2.58. The topological polar surface area (TPSA) is 89.4 Å². The fraction of sp³-hybridized carbons (Fsp3) is 0.633. The standard InChI is InChI=1S/C30H39F6N3O4S/c1-19-23(27(40)37-22-11-13-43-14-12-22)16-25(39(19)17-20-7-5-4-6-8-20)21-9-10-26(24(15-21)30(34,35)36)44(41,42)38-28(2,3)18-29(31,32)33/h9-10,15-16,20,22,38H,4-8,11-14,17-18H2,1-3H3,(H,37,40). The minimum Gasteiger partial charge on any atom is -0.381 e. The molecule has 2 aromatic rings. The lowest BCUT2D eigenvalue weighted by atomic mass is 9.89. The van der Waals surface area contributed by atoms with Crippen LogP contribution >= 0.6 is 0 Å². The van der Waals surface area contributed by atoms with Crippen molar-refractivity contribution in [3.8, 4) is 11.3 Å². The number of benzene rings is 1. The molecule has 1 aliphatic heterocycles. The molecule has 2 fully saturated rings. The first-order chi connectivity index (χ1) is 20.4. The molecular weight excluding hydrogens is 612 g/mol. The number of carbonyl (C=O) groups is 1. The summed E-state index contributed by atoms with van der Waals surface area (Å²) in [5, 5.41) is 2.99. The van der Waals surface area contributed by atoms with Gasteiger partial charge in [-0.1, -0.05) is 25.3 Å². The Labute approximate surface area is 253 Å². The molecule has 4 rings (SSSR count). The highest BCUT2D eigenvalue weighted by Crippen LogP contribution is 2.39. The third-order valence-electron chi connectivity index (χ3n) is 8.26. The number of sulfonamides is 1. The van der Waals surface area contributed by atoms with Crippen LogP contribution < -0.4 is 10.0 Å². The van der Waals surface area contributed by atoms with E-state index in [4.69, 9.17) is 4.74 Å². The molecule has 7 nitrogen and oxygen atoms in total. The highest BCUT2D eigenvalue weighted by molar-refractivity contribution is 7.89. The van der Waals surface area contributed by atoms with E-state index >= 15 is 0 Å². The zero-order chi connectivity index (χ0) is 32.5. The van der Waals surface area contributed by atoms with Crippen molar-refractivity contribution < 1.29 is 44.3 Å². The van der Waals surface area contributed by atoms with Gasteiger partial charge in [-0.05, 0) is 76.1 Å². The Morgan fingerprint density at radius 3 is 2.20 bits per heavy atom. The van der Waals surface area contributed by atoms with Crippen LogP contribution in [0.3, 0.4) is 0 Å². The third kappa shape index (κ3) is 8.57. The molecule has 0 bridgehead atoms. The first-order valence-corrected chi connectivity index (χ1v) is 16.3. The summed E-state index contributed by atoms with van der Waals surface area (Å²) in [6.45, 7) is 5.13. The number of hydrogen-bond donors (Lipinski definition) is 2. The van der Waals surface area contributed by atoms with Crippen LogP contribution in [0, 0.1) is 12.8 Å². The molecule has 2 heterocycles. The summed E-state index contributed by atoms with van der Waals surface area (Å²) in [6, 6.07) is 4.08. The van der Waals surface area contributed by atoms with Gasteiger partial charge in [-0.3, -0.25) is 4.79 Å². The number of nitrogens with one attached hydrogen (secondary N) is 2. The summed E-state index contributed by atoms with van der Waals surface area (Å²) in [7, 11) is -5.02. The van der Waals surface area contributed by atoms with Crippen molar-refractivity contribution in [1.29, 1.82) is 0 Å². The van der Waals surface area contributed by atoms with Gasteiger partial charge in [-0.2, -0.15) is 26.3 Å². The average Bonchev–Trinajstić information content (AvgIpc) is 3.22. The summed E-state index contributed by atoms with van der Waals surface area (Å²) >= 11 is 0. The lowest BCUT2D eigenvalue weighted by Gasteiger charge is -2.28. The first kappa shape index (κ1) is 34.3. The van der Waals surface area contributed by atoms with E-state index in [0.717, 1.165) is 52.0 Å². The Balaban J connectivity index is 1.76. The lowest BCUT2D eigenvalue weighted by Crippen LogP contribution is -2.46. The molecule has 1 saturated carbocycles. The maximum atomic E-state index is 14.4. The Morgan fingerprint density at radius 1 is 0.977 bits per heavy atom. The van der Waals surface area contributed by atoms with Gasteiger partial charge in [0.05, 0.1) is 22.4 Å². The fourth-order valence-electron chi connectivity index (χ4n) is 6.18. The van der Waals surface area contributed by atoms with E-state index < -0.39 is 44.8 Å². The summed E-state index contributed by atoms with van der Waals surface area (Å²) in [4.78, 5) is 12.2. The highest BCUT2D eigenvalue weighted by Gasteiger charge is 2.42. The van der Waals surface area contributed by atoms with E-state index in [2.05, 4.69) is 5.32 Å². The highest BCUT2D eigenvalue weighted by atomic mass is 32.2. The van der Waals surface area contributed by atoms with Crippen molar-refractivity contribution in [3.63, 3.8) is 0 Å². The second kappa shape index (κ2) is 13.0. The second-order valence-corrected chi connectivity index (χ2v) is 14.1.